The summed E-state index contributed by atoms with van der Waals surface area (Å²) in [5, 5.41) is 13.3. The zero-order valence-electron chi connectivity index (χ0n) is 18.7. The van der Waals surface area contributed by atoms with Crippen molar-refractivity contribution in [3.05, 3.63) is 82.4 Å². The van der Waals surface area contributed by atoms with Gasteiger partial charge in [-0.2, -0.15) is 0 Å². The first-order valence-corrected chi connectivity index (χ1v) is 11.9. The van der Waals surface area contributed by atoms with E-state index in [-0.39, 0.29) is 11.3 Å². The number of carbonyl (C=O) groups is 2. The third kappa shape index (κ3) is 4.68. The van der Waals surface area contributed by atoms with Crippen LogP contribution in [0.5, 0.6) is 5.75 Å². The van der Waals surface area contributed by atoms with Crippen LogP contribution >= 0.6 is 11.3 Å². The van der Waals surface area contributed by atoms with Gasteiger partial charge in [0.1, 0.15) is 11.5 Å². The van der Waals surface area contributed by atoms with Gasteiger partial charge in [-0.3, -0.25) is 14.5 Å². The summed E-state index contributed by atoms with van der Waals surface area (Å²) in [6.07, 6.45) is 4.72. The number of aryl methyl sites for hydroxylation is 1. The molecule has 1 atom stereocenters. The van der Waals surface area contributed by atoms with E-state index < -0.39 is 17.7 Å². The Labute approximate surface area is 197 Å². The van der Waals surface area contributed by atoms with Gasteiger partial charge in [-0.1, -0.05) is 61.7 Å². The molecule has 0 radical (unpaired) electrons. The quantitative estimate of drug-likeness (QED) is 0.203. The van der Waals surface area contributed by atoms with E-state index >= 15 is 0 Å². The minimum Gasteiger partial charge on any atom is -0.507 e. The van der Waals surface area contributed by atoms with Gasteiger partial charge in [-0.25, -0.2) is 4.98 Å². The highest BCUT2D eigenvalue weighted by Gasteiger charge is 2.48. The fourth-order valence-electron chi connectivity index (χ4n) is 3.86. The number of hydrogen-bond acceptors (Lipinski definition) is 6. The summed E-state index contributed by atoms with van der Waals surface area (Å²) < 4.78 is 5.90. The molecule has 2 aromatic carbocycles. The van der Waals surface area contributed by atoms with Crippen LogP contribution in [0.25, 0.3) is 5.76 Å². The van der Waals surface area contributed by atoms with Crippen LogP contribution in [0.4, 0.5) is 5.13 Å². The number of thiazole rings is 1. The molecule has 0 bridgehead atoms. The molecule has 0 spiro atoms. The molecule has 4 rings (SSSR count). The van der Waals surface area contributed by atoms with Crippen LogP contribution in [0, 0.1) is 6.92 Å². The lowest BCUT2D eigenvalue weighted by Gasteiger charge is -2.23. The van der Waals surface area contributed by atoms with Crippen molar-refractivity contribution in [2.75, 3.05) is 11.5 Å². The number of Topliss-reactive ketones (excluding diaryl/α,β-unsaturated/α-hetero) is 1. The van der Waals surface area contributed by atoms with Crippen molar-refractivity contribution < 1.29 is 19.4 Å². The van der Waals surface area contributed by atoms with Gasteiger partial charge in [0, 0.05) is 17.1 Å². The molecule has 2 heterocycles. The molecule has 0 aliphatic carbocycles. The fourth-order valence-corrected chi connectivity index (χ4v) is 4.53. The number of aromatic nitrogens is 1. The van der Waals surface area contributed by atoms with Gasteiger partial charge >= 0.3 is 5.91 Å². The van der Waals surface area contributed by atoms with Gasteiger partial charge in [0.25, 0.3) is 5.78 Å². The van der Waals surface area contributed by atoms with Crippen molar-refractivity contribution in [1.82, 2.24) is 4.98 Å². The van der Waals surface area contributed by atoms with Gasteiger partial charge in [0.2, 0.25) is 0 Å². The molecule has 1 aromatic heterocycles. The second kappa shape index (κ2) is 10.0. The fraction of sp³-hybridized carbons (Fsp3) is 0.269. The lowest BCUT2D eigenvalue weighted by Crippen LogP contribution is -2.29. The standard InChI is InChI=1S/C26H26N2O4S/c1-3-4-5-14-32-20-8-6-7-19(16-20)22-21(23(29)18-11-9-17(2)10-12-18)24(30)25(31)28(22)26-27-13-15-33-26/h6-13,15-16,22,29H,3-5,14H2,1-2H3. The number of rotatable bonds is 8. The molecule has 3 aromatic rings. The molecule has 1 aliphatic heterocycles. The number of carbonyl (C=O) groups excluding carboxylic acids is 2. The van der Waals surface area contributed by atoms with Gasteiger partial charge in [-0.15, -0.1) is 11.3 Å². The number of benzene rings is 2. The average Bonchev–Trinajstić information content (AvgIpc) is 3.44. The van der Waals surface area contributed by atoms with Gasteiger partial charge in [0.15, 0.2) is 5.13 Å². The Balaban J connectivity index is 1.80. The van der Waals surface area contributed by atoms with Crippen LogP contribution in [0.15, 0.2) is 65.7 Å². The van der Waals surface area contributed by atoms with E-state index in [1.165, 1.54) is 16.2 Å². The van der Waals surface area contributed by atoms with Crippen molar-refractivity contribution in [3.8, 4) is 5.75 Å². The monoisotopic (exact) mass is 462 g/mol. The molecule has 170 valence electrons. The molecule has 1 unspecified atom stereocenters. The first kappa shape index (κ1) is 22.7. The predicted molar refractivity (Wildman–Crippen MR) is 130 cm³/mol. The maximum absolute atomic E-state index is 13.1. The Bertz CT molecular complexity index is 1170. The predicted octanol–water partition coefficient (Wildman–Crippen LogP) is 5.65. The highest BCUT2D eigenvalue weighted by Crippen LogP contribution is 2.43. The Morgan fingerprint density at radius 2 is 1.94 bits per heavy atom. The SMILES string of the molecule is CCCCCOc1cccc(C2C(=C(O)c3ccc(C)cc3)C(=O)C(=O)N2c2nccs2)c1. The number of aliphatic hydroxyl groups excluding tert-OH is 1. The van der Waals surface area contributed by atoms with Crippen molar-refractivity contribution in [2.45, 2.75) is 39.2 Å². The minimum atomic E-state index is -0.809. The summed E-state index contributed by atoms with van der Waals surface area (Å²) in [5.41, 5.74) is 2.22. The number of ketones is 1. The van der Waals surface area contributed by atoms with Crippen LogP contribution in [0.3, 0.4) is 0 Å². The number of nitrogens with zero attached hydrogens (tertiary/aromatic N) is 2. The summed E-state index contributed by atoms with van der Waals surface area (Å²) in [5.74, 6) is -0.990. The van der Waals surface area contributed by atoms with Gasteiger partial charge in [-0.05, 0) is 31.0 Å². The molecule has 1 amide bonds. The van der Waals surface area contributed by atoms with Crippen LogP contribution in [0.2, 0.25) is 0 Å². The van der Waals surface area contributed by atoms with E-state index in [0.717, 1.165) is 24.8 Å². The number of anilines is 1. The molecule has 1 N–H and O–H groups in total. The normalized spacial score (nSPS) is 17.5. The zero-order chi connectivity index (χ0) is 23.4. The van der Waals surface area contributed by atoms with E-state index in [1.54, 1.807) is 23.7 Å². The smallest absolute Gasteiger partial charge is 0.301 e. The highest BCUT2D eigenvalue weighted by atomic mass is 32.1. The average molecular weight is 463 g/mol. The largest absolute Gasteiger partial charge is 0.507 e. The summed E-state index contributed by atoms with van der Waals surface area (Å²) in [4.78, 5) is 31.9. The molecular formula is C26H26N2O4S. The van der Waals surface area contributed by atoms with Crippen molar-refractivity contribution in [1.29, 1.82) is 0 Å². The first-order chi connectivity index (χ1) is 16.0. The van der Waals surface area contributed by atoms with E-state index in [1.807, 2.05) is 43.3 Å². The third-order valence-corrected chi connectivity index (χ3v) is 6.36. The number of hydrogen-bond donors (Lipinski definition) is 1. The lowest BCUT2D eigenvalue weighted by molar-refractivity contribution is -0.132. The molecular weight excluding hydrogens is 436 g/mol. The van der Waals surface area contributed by atoms with Crippen LogP contribution in [-0.4, -0.2) is 28.4 Å². The van der Waals surface area contributed by atoms with E-state index in [9.17, 15) is 14.7 Å². The van der Waals surface area contributed by atoms with Crippen molar-refractivity contribution in [2.24, 2.45) is 0 Å². The number of unbranched alkanes of at least 4 members (excludes halogenated alkanes) is 2. The van der Waals surface area contributed by atoms with E-state index in [0.29, 0.717) is 28.6 Å². The molecule has 33 heavy (non-hydrogen) atoms. The summed E-state index contributed by atoms with van der Waals surface area (Å²) in [6.45, 7) is 4.67. The maximum Gasteiger partial charge on any atom is 0.301 e. The molecule has 0 saturated carbocycles. The maximum atomic E-state index is 13.1. The third-order valence-electron chi connectivity index (χ3n) is 5.59. The summed E-state index contributed by atoms with van der Waals surface area (Å²) in [6, 6.07) is 13.7. The molecule has 7 heteroatoms. The Morgan fingerprint density at radius 3 is 2.64 bits per heavy atom. The molecule has 1 fully saturated rings. The van der Waals surface area contributed by atoms with Crippen LogP contribution in [0.1, 0.15) is 48.9 Å². The van der Waals surface area contributed by atoms with E-state index in [4.69, 9.17) is 4.74 Å². The number of ether oxygens (including phenoxy) is 1. The highest BCUT2D eigenvalue weighted by molar-refractivity contribution is 7.14. The molecule has 6 nitrogen and oxygen atoms in total. The van der Waals surface area contributed by atoms with Crippen LogP contribution in [-0.2, 0) is 9.59 Å². The molecule has 1 saturated heterocycles. The molecule has 1 aliphatic rings. The van der Waals surface area contributed by atoms with Crippen molar-refractivity contribution in [3.63, 3.8) is 0 Å². The van der Waals surface area contributed by atoms with Crippen molar-refractivity contribution >= 4 is 33.9 Å². The number of aliphatic hydroxyl groups is 1. The van der Waals surface area contributed by atoms with Gasteiger partial charge in [0.05, 0.1) is 18.2 Å². The minimum absolute atomic E-state index is 0.0437. The first-order valence-electron chi connectivity index (χ1n) is 11.0. The second-order valence-corrected chi connectivity index (χ2v) is 8.85. The second-order valence-electron chi connectivity index (χ2n) is 7.98. The lowest BCUT2D eigenvalue weighted by atomic mass is 9.95. The zero-order valence-corrected chi connectivity index (χ0v) is 19.5. The van der Waals surface area contributed by atoms with Crippen LogP contribution < -0.4 is 9.64 Å². The van der Waals surface area contributed by atoms with Gasteiger partial charge < -0.3 is 9.84 Å². The Kier molecular flexibility index (Phi) is 6.89. The Morgan fingerprint density at radius 1 is 1.15 bits per heavy atom. The topological polar surface area (TPSA) is 79.7 Å². The summed E-state index contributed by atoms with van der Waals surface area (Å²) in [7, 11) is 0. The summed E-state index contributed by atoms with van der Waals surface area (Å²) >= 11 is 1.27. The van der Waals surface area contributed by atoms with E-state index in [2.05, 4.69) is 11.9 Å². The Hall–Kier alpha value is -3.45. The number of amides is 1.